The summed E-state index contributed by atoms with van der Waals surface area (Å²) in [7, 11) is 0. The van der Waals surface area contributed by atoms with Crippen molar-refractivity contribution in [3.8, 4) is 11.5 Å². The highest BCUT2D eigenvalue weighted by Gasteiger charge is 2.07. The Morgan fingerprint density at radius 1 is 0.815 bits per heavy atom. The summed E-state index contributed by atoms with van der Waals surface area (Å²) in [4.78, 5) is 0. The number of benzene rings is 3. The summed E-state index contributed by atoms with van der Waals surface area (Å²) >= 11 is 0. The zero-order valence-electron chi connectivity index (χ0n) is 16.0. The molecule has 0 aliphatic heterocycles. The molecule has 0 amide bonds. The second-order valence-corrected chi connectivity index (χ2v) is 6.58. The maximum absolute atomic E-state index is 6.00. The molecule has 27 heavy (non-hydrogen) atoms. The van der Waals surface area contributed by atoms with Gasteiger partial charge in [-0.1, -0.05) is 61.5 Å². The Hall–Kier alpha value is -2.94. The van der Waals surface area contributed by atoms with Crippen molar-refractivity contribution in [3.63, 3.8) is 0 Å². The molecular weight excluding hydrogens is 334 g/mol. The van der Waals surface area contributed by atoms with Gasteiger partial charge >= 0.3 is 0 Å². The van der Waals surface area contributed by atoms with E-state index in [1.165, 1.54) is 5.56 Å². The molecule has 3 heteroatoms. The Labute approximate surface area is 162 Å². The molecule has 1 N–H and O–H groups in total. The van der Waals surface area contributed by atoms with E-state index in [1.54, 1.807) is 0 Å². The third-order valence-corrected chi connectivity index (χ3v) is 4.37. The predicted molar refractivity (Wildman–Crippen MR) is 112 cm³/mol. The maximum atomic E-state index is 6.00. The Morgan fingerprint density at radius 2 is 1.52 bits per heavy atom. The fourth-order valence-electron chi connectivity index (χ4n) is 2.81. The lowest BCUT2D eigenvalue weighted by atomic mass is 10.2. The van der Waals surface area contributed by atoms with Crippen LogP contribution < -0.4 is 14.8 Å². The van der Waals surface area contributed by atoms with Crippen LogP contribution in [0.4, 0.5) is 5.69 Å². The van der Waals surface area contributed by atoms with Crippen LogP contribution in [0.25, 0.3) is 0 Å². The molecule has 3 nitrogen and oxygen atoms in total. The van der Waals surface area contributed by atoms with Crippen molar-refractivity contribution in [1.82, 2.24) is 0 Å². The van der Waals surface area contributed by atoms with Gasteiger partial charge in [0.25, 0.3) is 0 Å². The van der Waals surface area contributed by atoms with Crippen LogP contribution in [0.5, 0.6) is 11.5 Å². The van der Waals surface area contributed by atoms with Crippen molar-refractivity contribution in [2.45, 2.75) is 33.0 Å². The van der Waals surface area contributed by atoms with Crippen molar-refractivity contribution in [1.29, 1.82) is 0 Å². The van der Waals surface area contributed by atoms with E-state index in [1.807, 2.05) is 54.6 Å². The van der Waals surface area contributed by atoms with E-state index < -0.39 is 0 Å². The molecule has 140 valence electrons. The van der Waals surface area contributed by atoms with Crippen LogP contribution >= 0.6 is 0 Å². The number of rotatable bonds is 9. The normalized spacial score (nSPS) is 11.6. The van der Waals surface area contributed by atoms with Crippen LogP contribution in [0.15, 0.2) is 78.9 Å². The lowest BCUT2D eigenvalue weighted by Gasteiger charge is -2.18. The van der Waals surface area contributed by atoms with Crippen LogP contribution in [0.1, 0.15) is 25.0 Å². The van der Waals surface area contributed by atoms with Crippen molar-refractivity contribution in [2.75, 3.05) is 11.9 Å². The largest absolute Gasteiger partial charge is 0.489 e. The molecule has 3 aromatic carbocycles. The van der Waals surface area contributed by atoms with Crippen molar-refractivity contribution in [3.05, 3.63) is 90.0 Å². The number of anilines is 1. The van der Waals surface area contributed by atoms with Crippen LogP contribution in [0.2, 0.25) is 0 Å². The number of para-hydroxylation sites is 2. The van der Waals surface area contributed by atoms with E-state index in [0.29, 0.717) is 13.2 Å². The third kappa shape index (κ3) is 5.78. The first kappa shape index (κ1) is 18.8. The Balaban J connectivity index is 1.53. The fourth-order valence-corrected chi connectivity index (χ4v) is 2.81. The van der Waals surface area contributed by atoms with Gasteiger partial charge in [-0.2, -0.15) is 0 Å². The highest BCUT2D eigenvalue weighted by molar-refractivity contribution is 5.56. The van der Waals surface area contributed by atoms with Gasteiger partial charge in [0, 0.05) is 0 Å². The summed E-state index contributed by atoms with van der Waals surface area (Å²) in [5, 5.41) is 3.44. The number of nitrogens with one attached hydrogen (secondary N) is 1. The molecule has 0 fully saturated rings. The van der Waals surface area contributed by atoms with Crippen molar-refractivity contribution in [2.24, 2.45) is 0 Å². The van der Waals surface area contributed by atoms with Crippen LogP contribution in [0.3, 0.4) is 0 Å². The van der Waals surface area contributed by atoms with Crippen molar-refractivity contribution >= 4 is 5.69 Å². The van der Waals surface area contributed by atoms with Crippen LogP contribution in [-0.2, 0) is 13.0 Å². The first-order valence-corrected chi connectivity index (χ1v) is 9.50. The van der Waals surface area contributed by atoms with Gasteiger partial charge < -0.3 is 14.8 Å². The third-order valence-electron chi connectivity index (χ3n) is 4.37. The molecule has 0 aliphatic carbocycles. The average Bonchev–Trinajstić information content (AvgIpc) is 2.72. The van der Waals surface area contributed by atoms with Crippen LogP contribution in [-0.4, -0.2) is 12.6 Å². The zero-order chi connectivity index (χ0) is 18.9. The smallest absolute Gasteiger partial charge is 0.142 e. The van der Waals surface area contributed by atoms with E-state index in [2.05, 4.69) is 43.4 Å². The van der Waals surface area contributed by atoms with E-state index in [-0.39, 0.29) is 6.10 Å². The van der Waals surface area contributed by atoms with Gasteiger partial charge in [-0.05, 0) is 48.7 Å². The molecule has 0 bridgehead atoms. The van der Waals surface area contributed by atoms with E-state index in [4.69, 9.17) is 9.47 Å². The molecule has 0 radical (unpaired) electrons. The molecule has 1 atom stereocenters. The minimum atomic E-state index is 0.0413. The highest BCUT2D eigenvalue weighted by Crippen LogP contribution is 2.25. The van der Waals surface area contributed by atoms with Gasteiger partial charge in [0.15, 0.2) is 0 Å². The van der Waals surface area contributed by atoms with Crippen molar-refractivity contribution < 1.29 is 9.47 Å². The first-order valence-electron chi connectivity index (χ1n) is 9.50. The molecule has 0 saturated heterocycles. The Morgan fingerprint density at radius 3 is 2.26 bits per heavy atom. The van der Waals surface area contributed by atoms with Crippen LogP contribution in [0, 0.1) is 0 Å². The number of hydrogen-bond donors (Lipinski definition) is 1. The molecule has 0 spiro atoms. The Bertz CT molecular complexity index is 815. The number of hydrogen-bond acceptors (Lipinski definition) is 3. The van der Waals surface area contributed by atoms with Gasteiger partial charge in [-0.25, -0.2) is 0 Å². The number of ether oxygens (including phenoxy) is 2. The van der Waals surface area contributed by atoms with E-state index in [9.17, 15) is 0 Å². The molecule has 0 aliphatic rings. The lowest BCUT2D eigenvalue weighted by molar-refractivity contribution is 0.234. The molecule has 1 unspecified atom stereocenters. The van der Waals surface area contributed by atoms with E-state index >= 15 is 0 Å². The van der Waals surface area contributed by atoms with Gasteiger partial charge in [-0.15, -0.1) is 0 Å². The second kappa shape index (κ2) is 9.67. The van der Waals surface area contributed by atoms with Gasteiger partial charge in [0.05, 0.1) is 12.2 Å². The average molecular weight is 361 g/mol. The summed E-state index contributed by atoms with van der Waals surface area (Å²) in [6.07, 6.45) is 1.08. The monoisotopic (exact) mass is 361 g/mol. The second-order valence-electron chi connectivity index (χ2n) is 6.58. The molecular formula is C24H27NO2. The molecule has 3 rings (SSSR count). The summed E-state index contributed by atoms with van der Waals surface area (Å²) in [6.45, 7) is 5.46. The van der Waals surface area contributed by atoms with Gasteiger partial charge in [-0.3, -0.25) is 0 Å². The Kier molecular flexibility index (Phi) is 6.75. The molecule has 0 saturated carbocycles. The molecule has 3 aromatic rings. The number of aryl methyl sites for hydroxylation is 1. The van der Waals surface area contributed by atoms with Gasteiger partial charge in [0.2, 0.25) is 0 Å². The fraction of sp³-hybridized carbons (Fsp3) is 0.250. The first-order chi connectivity index (χ1) is 13.2. The van der Waals surface area contributed by atoms with E-state index in [0.717, 1.165) is 29.2 Å². The summed E-state index contributed by atoms with van der Waals surface area (Å²) in [6, 6.07) is 26.5. The summed E-state index contributed by atoms with van der Waals surface area (Å²) in [5.41, 5.74) is 3.45. The zero-order valence-corrected chi connectivity index (χ0v) is 16.0. The maximum Gasteiger partial charge on any atom is 0.142 e. The molecule has 0 aromatic heterocycles. The minimum absolute atomic E-state index is 0.0413. The van der Waals surface area contributed by atoms with Gasteiger partial charge in [0.1, 0.15) is 24.2 Å². The summed E-state index contributed by atoms with van der Waals surface area (Å²) < 4.78 is 12.0. The highest BCUT2D eigenvalue weighted by atomic mass is 16.5. The predicted octanol–water partition coefficient (Wildman–Crippen LogP) is 5.71. The standard InChI is InChI=1S/C24H27NO2/c1-3-20-13-15-22(16-14-20)27-19(2)17-25-23-11-7-8-12-24(23)26-18-21-9-5-4-6-10-21/h4-16,19,25H,3,17-18H2,1-2H3. The topological polar surface area (TPSA) is 30.5 Å². The SMILES string of the molecule is CCc1ccc(OC(C)CNc2ccccc2OCc2ccccc2)cc1. The summed E-state index contributed by atoms with van der Waals surface area (Å²) in [5.74, 6) is 1.75. The molecule has 0 heterocycles. The lowest BCUT2D eigenvalue weighted by Crippen LogP contribution is -2.22. The quantitative estimate of drug-likeness (QED) is 0.530. The minimum Gasteiger partial charge on any atom is -0.489 e.